The van der Waals surface area contributed by atoms with Crippen molar-refractivity contribution in [2.24, 2.45) is 0 Å². The minimum Gasteiger partial charge on any atom is -0.351 e. The molecule has 2 amide bonds. The Balaban J connectivity index is 1.94. The van der Waals surface area contributed by atoms with E-state index in [0.29, 0.717) is 12.1 Å². The molecule has 0 aliphatic rings. The van der Waals surface area contributed by atoms with Crippen LogP contribution in [0, 0.1) is 0 Å². The number of hydrogen-bond donors (Lipinski definition) is 2. The molecule has 0 saturated carbocycles. The fourth-order valence-electron chi connectivity index (χ4n) is 2.95. The number of rotatable bonds is 7. The summed E-state index contributed by atoms with van der Waals surface area (Å²) in [6.45, 7) is 2.64. The average Bonchev–Trinajstić information content (AvgIpc) is 2.74. The zero-order chi connectivity index (χ0) is 19.8. The number of fused-ring (bicyclic) bond motifs is 1. The van der Waals surface area contributed by atoms with E-state index in [0.717, 1.165) is 29.2 Å². The standard InChI is InChI=1S/C24H24N2O2/c1-2-3-16-25-24(28)22(26-23(27)19-11-5-4-6-12-19)17-20-14-9-13-18-10-7-8-15-21(18)20/h4-15,17H,2-3,16H2,1H3,(H,25,28)(H,26,27)/b22-17-. The Morgan fingerprint density at radius 3 is 2.39 bits per heavy atom. The predicted octanol–water partition coefficient (Wildman–Crippen LogP) is 4.53. The summed E-state index contributed by atoms with van der Waals surface area (Å²) in [4.78, 5) is 25.3. The minimum atomic E-state index is -0.308. The van der Waals surface area contributed by atoms with Gasteiger partial charge >= 0.3 is 0 Å². The van der Waals surface area contributed by atoms with Crippen molar-refractivity contribution in [2.75, 3.05) is 6.54 Å². The van der Waals surface area contributed by atoms with Crippen LogP contribution in [0.25, 0.3) is 16.8 Å². The first kappa shape index (κ1) is 19.4. The summed E-state index contributed by atoms with van der Waals surface area (Å²) in [5.41, 5.74) is 1.63. The van der Waals surface area contributed by atoms with Gasteiger partial charge in [-0.2, -0.15) is 0 Å². The van der Waals surface area contributed by atoms with Crippen molar-refractivity contribution in [1.82, 2.24) is 10.6 Å². The molecule has 0 atom stereocenters. The largest absolute Gasteiger partial charge is 0.351 e. The smallest absolute Gasteiger partial charge is 0.267 e. The Labute approximate surface area is 165 Å². The summed E-state index contributed by atoms with van der Waals surface area (Å²) in [6.07, 6.45) is 3.61. The van der Waals surface area contributed by atoms with Gasteiger partial charge in [0.05, 0.1) is 0 Å². The molecule has 0 fully saturated rings. The first-order valence-electron chi connectivity index (χ1n) is 9.53. The highest BCUT2D eigenvalue weighted by Gasteiger charge is 2.14. The Bertz CT molecular complexity index is 988. The van der Waals surface area contributed by atoms with Gasteiger partial charge in [0.1, 0.15) is 5.70 Å². The van der Waals surface area contributed by atoms with Crippen LogP contribution in [0.4, 0.5) is 0 Å². The molecular weight excluding hydrogens is 348 g/mol. The molecule has 142 valence electrons. The number of nitrogens with one attached hydrogen (secondary N) is 2. The van der Waals surface area contributed by atoms with E-state index in [-0.39, 0.29) is 17.5 Å². The fourth-order valence-corrected chi connectivity index (χ4v) is 2.95. The lowest BCUT2D eigenvalue weighted by Gasteiger charge is -2.12. The molecule has 0 aliphatic heterocycles. The summed E-state index contributed by atoms with van der Waals surface area (Å²) < 4.78 is 0. The van der Waals surface area contributed by atoms with E-state index in [9.17, 15) is 9.59 Å². The van der Waals surface area contributed by atoms with Gasteiger partial charge in [0.15, 0.2) is 0 Å². The summed E-state index contributed by atoms with van der Waals surface area (Å²) in [5, 5.41) is 7.78. The summed E-state index contributed by atoms with van der Waals surface area (Å²) in [5.74, 6) is -0.594. The molecule has 0 saturated heterocycles. The third kappa shape index (κ3) is 4.86. The van der Waals surface area contributed by atoms with Crippen LogP contribution in [-0.2, 0) is 4.79 Å². The SMILES string of the molecule is CCCCNC(=O)/C(=C/c1cccc2ccccc12)NC(=O)c1ccccc1. The average molecular weight is 372 g/mol. The van der Waals surface area contributed by atoms with Gasteiger partial charge in [0.25, 0.3) is 11.8 Å². The second kappa shape index (κ2) is 9.51. The van der Waals surface area contributed by atoms with Crippen LogP contribution in [0.1, 0.15) is 35.7 Å². The fraction of sp³-hybridized carbons (Fsp3) is 0.167. The third-order valence-electron chi connectivity index (χ3n) is 4.47. The second-order valence-electron chi connectivity index (χ2n) is 6.56. The van der Waals surface area contributed by atoms with Crippen molar-refractivity contribution in [3.8, 4) is 0 Å². The van der Waals surface area contributed by atoms with E-state index < -0.39 is 0 Å². The van der Waals surface area contributed by atoms with Gasteiger partial charge in [-0.1, -0.05) is 74.0 Å². The van der Waals surface area contributed by atoms with Crippen LogP contribution < -0.4 is 10.6 Å². The van der Waals surface area contributed by atoms with Crippen LogP contribution in [-0.4, -0.2) is 18.4 Å². The number of hydrogen-bond acceptors (Lipinski definition) is 2. The third-order valence-corrected chi connectivity index (χ3v) is 4.47. The Hall–Kier alpha value is -3.40. The first-order valence-corrected chi connectivity index (χ1v) is 9.53. The van der Waals surface area contributed by atoms with Crippen molar-refractivity contribution < 1.29 is 9.59 Å². The molecule has 3 aromatic rings. The van der Waals surface area contributed by atoms with Crippen LogP contribution in [0.3, 0.4) is 0 Å². The van der Waals surface area contributed by atoms with Crippen molar-refractivity contribution in [1.29, 1.82) is 0 Å². The molecule has 2 N–H and O–H groups in total. The van der Waals surface area contributed by atoms with Gasteiger partial charge in [-0.25, -0.2) is 0 Å². The first-order chi connectivity index (χ1) is 13.7. The van der Waals surface area contributed by atoms with E-state index in [1.807, 2.05) is 48.5 Å². The highest BCUT2D eigenvalue weighted by Crippen LogP contribution is 2.20. The van der Waals surface area contributed by atoms with Gasteiger partial charge < -0.3 is 10.6 Å². The molecule has 3 rings (SSSR count). The lowest BCUT2D eigenvalue weighted by Crippen LogP contribution is -2.35. The maximum Gasteiger partial charge on any atom is 0.267 e. The highest BCUT2D eigenvalue weighted by molar-refractivity contribution is 6.06. The summed E-state index contributed by atoms with van der Waals surface area (Å²) in [6, 6.07) is 22.8. The summed E-state index contributed by atoms with van der Waals surface area (Å²) in [7, 11) is 0. The maximum atomic E-state index is 12.7. The quantitative estimate of drug-likeness (QED) is 0.473. The number of amides is 2. The molecule has 3 aromatic carbocycles. The van der Waals surface area contributed by atoms with Crippen LogP contribution in [0.15, 0.2) is 78.5 Å². The van der Waals surface area contributed by atoms with Gasteiger partial charge in [-0.15, -0.1) is 0 Å². The van der Waals surface area contributed by atoms with Gasteiger partial charge in [0.2, 0.25) is 0 Å². The van der Waals surface area contributed by atoms with Gasteiger partial charge in [-0.3, -0.25) is 9.59 Å². The van der Waals surface area contributed by atoms with Crippen molar-refractivity contribution >= 4 is 28.7 Å². The maximum absolute atomic E-state index is 12.7. The summed E-state index contributed by atoms with van der Waals surface area (Å²) >= 11 is 0. The number of carbonyl (C=O) groups is 2. The molecule has 0 heterocycles. The van der Waals surface area contributed by atoms with Crippen molar-refractivity contribution in [3.05, 3.63) is 89.6 Å². The molecular formula is C24H24N2O2. The molecule has 0 aromatic heterocycles. The predicted molar refractivity (Wildman–Crippen MR) is 114 cm³/mol. The molecule has 4 heteroatoms. The molecule has 0 radical (unpaired) electrons. The Morgan fingerprint density at radius 1 is 0.893 bits per heavy atom. The van der Waals surface area contributed by atoms with Crippen molar-refractivity contribution in [3.63, 3.8) is 0 Å². The molecule has 0 spiro atoms. The molecule has 28 heavy (non-hydrogen) atoms. The van der Waals surface area contributed by atoms with Crippen LogP contribution >= 0.6 is 0 Å². The van der Waals surface area contributed by atoms with Crippen molar-refractivity contribution in [2.45, 2.75) is 19.8 Å². The van der Waals surface area contributed by atoms with E-state index in [1.165, 1.54) is 0 Å². The topological polar surface area (TPSA) is 58.2 Å². The van der Waals surface area contributed by atoms with Gasteiger partial charge in [0, 0.05) is 12.1 Å². The van der Waals surface area contributed by atoms with E-state index in [1.54, 1.807) is 30.3 Å². The number of carbonyl (C=O) groups excluding carboxylic acids is 2. The Kier molecular flexibility index (Phi) is 6.58. The highest BCUT2D eigenvalue weighted by atomic mass is 16.2. The molecule has 0 bridgehead atoms. The zero-order valence-electron chi connectivity index (χ0n) is 15.9. The monoisotopic (exact) mass is 372 g/mol. The van der Waals surface area contributed by atoms with E-state index in [2.05, 4.69) is 17.6 Å². The molecule has 4 nitrogen and oxygen atoms in total. The zero-order valence-corrected chi connectivity index (χ0v) is 15.9. The normalized spacial score (nSPS) is 11.2. The number of unbranched alkanes of at least 4 members (excludes halogenated alkanes) is 1. The van der Waals surface area contributed by atoms with Crippen LogP contribution in [0.2, 0.25) is 0 Å². The molecule has 0 unspecified atom stereocenters. The lowest BCUT2D eigenvalue weighted by atomic mass is 10.0. The van der Waals surface area contributed by atoms with E-state index in [4.69, 9.17) is 0 Å². The Morgan fingerprint density at radius 2 is 1.61 bits per heavy atom. The lowest BCUT2D eigenvalue weighted by molar-refractivity contribution is -0.117. The van der Waals surface area contributed by atoms with Crippen LogP contribution in [0.5, 0.6) is 0 Å². The second-order valence-corrected chi connectivity index (χ2v) is 6.56. The van der Waals surface area contributed by atoms with E-state index >= 15 is 0 Å². The van der Waals surface area contributed by atoms with Gasteiger partial charge in [-0.05, 0) is 41.0 Å². The minimum absolute atomic E-state index is 0.237. The number of benzene rings is 3. The molecule has 0 aliphatic carbocycles.